The van der Waals surface area contributed by atoms with Crippen LogP contribution < -0.4 is 10.1 Å². The zero-order valence-corrected chi connectivity index (χ0v) is 14.0. The van der Waals surface area contributed by atoms with E-state index < -0.39 is 4.92 Å². The van der Waals surface area contributed by atoms with Gasteiger partial charge in [-0.2, -0.15) is 0 Å². The van der Waals surface area contributed by atoms with E-state index in [2.05, 4.69) is 10.3 Å². The lowest BCUT2D eigenvalue weighted by molar-refractivity contribution is -0.384. The number of non-ortho nitro benzene ring substituents is 1. The molecule has 0 unspecified atom stereocenters. The molecule has 3 aromatic rings. The molecule has 9 heteroatoms. The number of nitrogens with one attached hydrogen (secondary N) is 1. The molecule has 0 aliphatic carbocycles. The summed E-state index contributed by atoms with van der Waals surface area (Å²) in [4.78, 5) is 26.7. The highest BCUT2D eigenvalue weighted by Gasteiger charge is 2.14. The number of aromatic nitrogens is 2. The lowest BCUT2D eigenvalue weighted by Gasteiger charge is -2.09. The van der Waals surface area contributed by atoms with Gasteiger partial charge >= 0.3 is 0 Å². The maximum atomic E-state index is 12.2. The molecule has 0 saturated heterocycles. The Labute approximate surface area is 147 Å². The van der Waals surface area contributed by atoms with E-state index in [0.29, 0.717) is 10.8 Å². The van der Waals surface area contributed by atoms with Crippen molar-refractivity contribution in [3.05, 3.63) is 58.9 Å². The topological polar surface area (TPSA) is 98.8 Å². The molecular formula is C16H14N4O4S. The van der Waals surface area contributed by atoms with Crippen LogP contribution in [0.2, 0.25) is 0 Å². The first-order valence-electron chi connectivity index (χ1n) is 7.25. The van der Waals surface area contributed by atoms with Gasteiger partial charge in [-0.05, 0) is 18.2 Å². The lowest BCUT2D eigenvalue weighted by atomic mass is 10.2. The number of ether oxygens (including phenoxy) is 1. The number of rotatable bonds is 6. The number of thioether (sulfide) groups is 1. The van der Waals surface area contributed by atoms with Gasteiger partial charge in [0.15, 0.2) is 5.16 Å². The van der Waals surface area contributed by atoms with Gasteiger partial charge in [0.2, 0.25) is 5.91 Å². The van der Waals surface area contributed by atoms with Crippen LogP contribution in [0.3, 0.4) is 0 Å². The minimum absolute atomic E-state index is 0.104. The number of hydrogen-bond donors (Lipinski definition) is 1. The second kappa shape index (κ2) is 7.22. The number of carbonyl (C=O) groups excluding carboxylic acids is 1. The Morgan fingerprint density at radius 1 is 1.40 bits per heavy atom. The number of methoxy groups -OCH3 is 1. The molecule has 0 fully saturated rings. The molecule has 2 heterocycles. The highest BCUT2D eigenvalue weighted by Crippen LogP contribution is 2.29. The number of nitro groups is 1. The van der Waals surface area contributed by atoms with E-state index in [4.69, 9.17) is 4.74 Å². The van der Waals surface area contributed by atoms with Crippen molar-refractivity contribution in [1.29, 1.82) is 0 Å². The molecule has 0 saturated carbocycles. The summed E-state index contributed by atoms with van der Waals surface area (Å²) in [6.45, 7) is 0. The van der Waals surface area contributed by atoms with Crippen molar-refractivity contribution >= 4 is 34.6 Å². The number of fused-ring (bicyclic) bond motifs is 1. The van der Waals surface area contributed by atoms with E-state index in [1.54, 1.807) is 6.20 Å². The SMILES string of the molecule is COc1cc([N+](=O)[O-])ccc1NC(=O)CSc1ncc2ccccn12. The molecule has 0 bridgehead atoms. The van der Waals surface area contributed by atoms with E-state index in [9.17, 15) is 14.9 Å². The summed E-state index contributed by atoms with van der Waals surface area (Å²) in [7, 11) is 1.39. The second-order valence-electron chi connectivity index (χ2n) is 5.01. The quantitative estimate of drug-likeness (QED) is 0.413. The molecule has 0 atom stereocenters. The summed E-state index contributed by atoms with van der Waals surface area (Å²) in [5.74, 6) is 0.123. The van der Waals surface area contributed by atoms with Crippen LogP contribution in [-0.2, 0) is 4.79 Å². The van der Waals surface area contributed by atoms with Crippen molar-refractivity contribution < 1.29 is 14.5 Å². The van der Waals surface area contributed by atoms with Gasteiger partial charge in [-0.15, -0.1) is 0 Å². The molecule has 1 N–H and O–H groups in total. The summed E-state index contributed by atoms with van der Waals surface area (Å²) in [5.41, 5.74) is 1.22. The third-order valence-electron chi connectivity index (χ3n) is 3.41. The fourth-order valence-electron chi connectivity index (χ4n) is 2.24. The first-order chi connectivity index (χ1) is 12.1. The maximum Gasteiger partial charge on any atom is 0.273 e. The number of nitro benzene ring substituents is 1. The molecule has 0 spiro atoms. The molecule has 25 heavy (non-hydrogen) atoms. The van der Waals surface area contributed by atoms with Crippen LogP contribution in [0.25, 0.3) is 5.52 Å². The number of pyridine rings is 1. The zero-order valence-electron chi connectivity index (χ0n) is 13.2. The monoisotopic (exact) mass is 358 g/mol. The predicted octanol–water partition coefficient (Wildman–Crippen LogP) is 2.98. The molecule has 0 aliphatic heterocycles. The largest absolute Gasteiger partial charge is 0.494 e. The fraction of sp³-hybridized carbons (Fsp3) is 0.125. The van der Waals surface area contributed by atoms with Crippen LogP contribution in [0.1, 0.15) is 0 Å². The van der Waals surface area contributed by atoms with Gasteiger partial charge < -0.3 is 10.1 Å². The van der Waals surface area contributed by atoms with Gasteiger partial charge in [-0.25, -0.2) is 4.98 Å². The molecule has 3 rings (SSSR count). The summed E-state index contributed by atoms with van der Waals surface area (Å²) in [5, 5.41) is 14.2. The molecule has 0 aliphatic rings. The maximum absolute atomic E-state index is 12.2. The van der Waals surface area contributed by atoms with Gasteiger partial charge in [-0.1, -0.05) is 17.8 Å². The first-order valence-corrected chi connectivity index (χ1v) is 8.24. The van der Waals surface area contributed by atoms with E-state index >= 15 is 0 Å². The highest BCUT2D eigenvalue weighted by atomic mass is 32.2. The smallest absolute Gasteiger partial charge is 0.273 e. The van der Waals surface area contributed by atoms with Crippen LogP contribution in [0.5, 0.6) is 5.75 Å². The highest BCUT2D eigenvalue weighted by molar-refractivity contribution is 7.99. The number of carbonyl (C=O) groups is 1. The van der Waals surface area contributed by atoms with E-state index in [-0.39, 0.29) is 23.1 Å². The van der Waals surface area contributed by atoms with E-state index in [1.165, 1.54) is 37.1 Å². The number of hydrogen-bond acceptors (Lipinski definition) is 6. The van der Waals surface area contributed by atoms with Crippen molar-refractivity contribution in [2.75, 3.05) is 18.2 Å². The number of benzene rings is 1. The van der Waals surface area contributed by atoms with Gasteiger partial charge in [0.05, 0.1) is 41.3 Å². The minimum Gasteiger partial charge on any atom is -0.494 e. The summed E-state index contributed by atoms with van der Waals surface area (Å²) >= 11 is 1.30. The van der Waals surface area contributed by atoms with E-state index in [1.807, 2.05) is 28.8 Å². The summed E-state index contributed by atoms with van der Waals surface area (Å²) < 4.78 is 7.00. The van der Waals surface area contributed by atoms with Crippen LogP contribution in [0, 0.1) is 10.1 Å². The van der Waals surface area contributed by atoms with Crippen LogP contribution in [0.15, 0.2) is 53.9 Å². The van der Waals surface area contributed by atoms with E-state index in [0.717, 1.165) is 5.52 Å². The Balaban J connectivity index is 1.67. The van der Waals surface area contributed by atoms with Gasteiger partial charge in [0.1, 0.15) is 5.75 Å². The third kappa shape index (κ3) is 3.72. The molecule has 128 valence electrons. The van der Waals surface area contributed by atoms with Gasteiger partial charge in [0, 0.05) is 12.3 Å². The van der Waals surface area contributed by atoms with Crippen LogP contribution in [0.4, 0.5) is 11.4 Å². The molecule has 1 aromatic carbocycles. The summed E-state index contributed by atoms with van der Waals surface area (Å²) in [6.07, 6.45) is 3.61. The number of nitrogens with zero attached hydrogens (tertiary/aromatic N) is 3. The van der Waals surface area contributed by atoms with Crippen LogP contribution >= 0.6 is 11.8 Å². The first kappa shape index (κ1) is 16.8. The van der Waals surface area contributed by atoms with Gasteiger partial charge in [-0.3, -0.25) is 19.3 Å². The molecular weight excluding hydrogens is 344 g/mol. The molecule has 1 amide bonds. The standard InChI is InChI=1S/C16H14N4O4S/c1-24-14-8-11(20(22)23)5-6-13(14)18-15(21)10-25-16-17-9-12-4-2-3-7-19(12)16/h2-9H,10H2,1H3,(H,18,21). The molecule has 8 nitrogen and oxygen atoms in total. The number of anilines is 1. The van der Waals surface area contributed by atoms with Crippen molar-refractivity contribution in [2.24, 2.45) is 0 Å². The average molecular weight is 358 g/mol. The van der Waals surface area contributed by atoms with Crippen molar-refractivity contribution in [3.63, 3.8) is 0 Å². The molecule has 2 aromatic heterocycles. The summed E-state index contributed by atoms with van der Waals surface area (Å²) in [6, 6.07) is 9.77. The lowest BCUT2D eigenvalue weighted by Crippen LogP contribution is -2.15. The van der Waals surface area contributed by atoms with Crippen LogP contribution in [-0.4, -0.2) is 33.1 Å². The Morgan fingerprint density at radius 3 is 3.00 bits per heavy atom. The second-order valence-corrected chi connectivity index (χ2v) is 5.96. The predicted molar refractivity (Wildman–Crippen MR) is 94.2 cm³/mol. The normalized spacial score (nSPS) is 10.6. The Bertz CT molecular complexity index is 941. The van der Waals surface area contributed by atoms with Crippen molar-refractivity contribution in [2.45, 2.75) is 5.16 Å². The van der Waals surface area contributed by atoms with Crippen molar-refractivity contribution in [3.8, 4) is 5.75 Å². The third-order valence-corrected chi connectivity index (χ3v) is 4.37. The molecule has 0 radical (unpaired) electrons. The number of amides is 1. The Morgan fingerprint density at radius 2 is 2.24 bits per heavy atom. The minimum atomic E-state index is -0.520. The van der Waals surface area contributed by atoms with Crippen molar-refractivity contribution in [1.82, 2.24) is 9.38 Å². The number of imidazole rings is 1. The Hall–Kier alpha value is -3.07. The Kier molecular flexibility index (Phi) is 4.85. The van der Waals surface area contributed by atoms with Gasteiger partial charge in [0.25, 0.3) is 5.69 Å². The zero-order chi connectivity index (χ0) is 17.8. The fourth-order valence-corrected chi connectivity index (χ4v) is 3.00. The average Bonchev–Trinajstić information content (AvgIpc) is 3.03.